The second-order valence-corrected chi connectivity index (χ2v) is 19.2. The monoisotopic (exact) mass is 1270 g/mol. The van der Waals surface area contributed by atoms with Crippen LogP contribution in [-0.4, -0.2) is 264 Å². The fraction of sp³-hybridized carbons (Fsp3) is 0.615. The quantitative estimate of drug-likeness (QED) is 0.0450. The van der Waals surface area contributed by atoms with Crippen LogP contribution in [-0.2, 0) is 42.9 Å². The first-order chi connectivity index (χ1) is 37.5. The number of phenols is 2. The van der Waals surface area contributed by atoms with E-state index in [-0.39, 0.29) is 162 Å². The van der Waals surface area contributed by atoms with Gasteiger partial charge in [0.15, 0.2) is 5.82 Å². The van der Waals surface area contributed by atoms with E-state index in [1.54, 1.807) is 56.5 Å². The Morgan fingerprint density at radius 2 is 1.10 bits per heavy atom. The molecule has 79 heavy (non-hydrogen) atoms. The van der Waals surface area contributed by atoms with E-state index in [1.165, 1.54) is 6.07 Å². The molecular weight excluding hydrogens is 1200 g/mol. The first kappa shape index (κ1) is 66.2. The van der Waals surface area contributed by atoms with Crippen LogP contribution in [0.4, 0.5) is 0 Å². The third kappa shape index (κ3) is 23.4. The minimum absolute atomic E-state index is 0. The van der Waals surface area contributed by atoms with Gasteiger partial charge in [0.2, 0.25) is 17.6 Å². The van der Waals surface area contributed by atoms with Crippen molar-refractivity contribution in [2.45, 2.75) is 52.1 Å². The number of phenolic OH excluding ortho intramolecular Hbond substituents is 2. The van der Waals surface area contributed by atoms with E-state index in [0.29, 0.717) is 121 Å². The molecule has 0 spiro atoms. The molecule has 2 fully saturated rings. The summed E-state index contributed by atoms with van der Waals surface area (Å²) in [5, 5.41) is 63.5. The molecule has 0 saturated carbocycles. The zero-order chi connectivity index (χ0) is 56.4. The Hall–Kier alpha value is -5.29. The number of aromatic nitrogens is 3. The average molecular weight is 1270 g/mol. The Kier molecular flexibility index (Phi) is 29.7. The van der Waals surface area contributed by atoms with Gasteiger partial charge < -0.3 is 64.8 Å². The number of carbonyl (C=O) groups is 6. The number of amides is 3. The predicted molar refractivity (Wildman–Crippen MR) is 282 cm³/mol. The predicted octanol–water partition coefficient (Wildman–Crippen LogP) is 0.637. The number of piperidine rings is 1. The number of carboxylic acid groups (broad SMARTS) is 3. The summed E-state index contributed by atoms with van der Waals surface area (Å²) in [4.78, 5) is 82.1. The van der Waals surface area contributed by atoms with Crippen LogP contribution < -0.4 is 15.4 Å². The van der Waals surface area contributed by atoms with Crippen LogP contribution in [0.2, 0.25) is 0 Å². The molecular formula is C52H78LuN10O16. The number of rotatable bonds is 30. The second kappa shape index (κ2) is 35.4. The zero-order valence-electron chi connectivity index (χ0n) is 45.3. The molecule has 3 amide bonds. The van der Waals surface area contributed by atoms with Crippen molar-refractivity contribution in [2.24, 2.45) is 0 Å². The molecule has 27 heteroatoms. The molecule has 0 atom stereocenters. The molecule has 5 rings (SSSR count). The number of benzene rings is 2. The van der Waals surface area contributed by atoms with Crippen LogP contribution in [0, 0.1) is 36.9 Å². The fourth-order valence-electron chi connectivity index (χ4n) is 8.80. The van der Waals surface area contributed by atoms with Crippen molar-refractivity contribution in [3.63, 3.8) is 0 Å². The van der Waals surface area contributed by atoms with E-state index in [4.69, 9.17) is 23.7 Å². The Morgan fingerprint density at radius 1 is 0.620 bits per heavy atom. The van der Waals surface area contributed by atoms with Gasteiger partial charge >= 0.3 is 17.9 Å². The molecule has 26 nitrogen and oxygen atoms in total. The van der Waals surface area contributed by atoms with Crippen LogP contribution in [0.1, 0.15) is 62.1 Å². The summed E-state index contributed by atoms with van der Waals surface area (Å²) >= 11 is 0. The first-order valence-corrected chi connectivity index (χ1v) is 26.5. The molecule has 0 unspecified atom stereocenters. The topological polar surface area (TPSA) is 321 Å². The number of carbonyl (C=O) groups excluding carboxylic acids is 3. The average Bonchev–Trinajstić information content (AvgIpc) is 3.83. The number of carboxylic acids is 3. The smallest absolute Gasteiger partial charge is 0.317 e. The van der Waals surface area contributed by atoms with Crippen molar-refractivity contribution in [3.8, 4) is 34.3 Å². The third-order valence-electron chi connectivity index (χ3n) is 12.9. The summed E-state index contributed by atoms with van der Waals surface area (Å²) in [6, 6.07) is 10.0. The molecule has 3 aromatic rings. The van der Waals surface area contributed by atoms with Crippen LogP contribution in [0.15, 0.2) is 36.4 Å². The molecule has 7 N–H and O–H groups in total. The largest absolute Gasteiger partial charge is 0.508 e. The number of likely N-dealkylation sites (tertiary alicyclic amines) is 1. The third-order valence-corrected chi connectivity index (χ3v) is 12.9. The summed E-state index contributed by atoms with van der Waals surface area (Å²) in [6.45, 7) is 11.5. The van der Waals surface area contributed by atoms with E-state index >= 15 is 0 Å². The number of nitrogens with zero attached hydrogens (tertiary/aromatic N) is 8. The maximum atomic E-state index is 13.1. The number of nitrogens with one attached hydrogen (secondary N) is 2. The van der Waals surface area contributed by atoms with Gasteiger partial charge in [0.1, 0.15) is 23.4 Å². The molecule has 2 aromatic carbocycles. The molecule has 1 aromatic heterocycles. The number of hydrogen-bond donors (Lipinski definition) is 7. The normalized spacial score (nSPS) is 15.7. The van der Waals surface area contributed by atoms with Crippen LogP contribution in [0.25, 0.3) is 17.1 Å². The van der Waals surface area contributed by atoms with Gasteiger partial charge in [-0.1, -0.05) is 13.8 Å². The van der Waals surface area contributed by atoms with Gasteiger partial charge in [0, 0.05) is 140 Å². The maximum absolute atomic E-state index is 13.1. The summed E-state index contributed by atoms with van der Waals surface area (Å²) in [5.74, 6) is -3.22. The Morgan fingerprint density at radius 3 is 1.58 bits per heavy atom. The van der Waals surface area contributed by atoms with Gasteiger partial charge in [-0.05, 0) is 48.7 Å². The molecule has 447 valence electrons. The molecule has 2 aliphatic heterocycles. The van der Waals surface area contributed by atoms with E-state index in [2.05, 4.69) is 20.8 Å². The van der Waals surface area contributed by atoms with Gasteiger partial charge in [-0.25, -0.2) is 0 Å². The van der Waals surface area contributed by atoms with E-state index in [0.717, 1.165) is 0 Å². The van der Waals surface area contributed by atoms with Gasteiger partial charge in [0.25, 0.3) is 5.91 Å². The molecule has 3 heterocycles. The van der Waals surface area contributed by atoms with Crippen LogP contribution in [0.3, 0.4) is 0 Å². The van der Waals surface area contributed by atoms with Crippen molar-refractivity contribution in [1.29, 1.82) is 0 Å². The summed E-state index contributed by atoms with van der Waals surface area (Å²) in [7, 11) is 0. The van der Waals surface area contributed by atoms with E-state index in [1.807, 2.05) is 23.6 Å². The maximum Gasteiger partial charge on any atom is 0.317 e. The fourth-order valence-corrected chi connectivity index (χ4v) is 8.80. The van der Waals surface area contributed by atoms with Gasteiger partial charge in [-0.3, -0.25) is 52.9 Å². The minimum Gasteiger partial charge on any atom is -0.508 e. The SMILES string of the molecule is CCNC(=O)c1nnc(-c2cc(C(C)C)c(O)cc2O)n1-c1ccc(OC2CCN(C(=O)CCOCCOCCOCCOCCNC(=O)CN3CCN(CC(=O)O)CCN(CC(=O)O)CCN(CC(=O)O)CC3)CC2)cc1.[Lu]. The molecule has 0 bridgehead atoms. The van der Waals surface area contributed by atoms with Crippen molar-refractivity contribution in [2.75, 3.05) is 158 Å². The summed E-state index contributed by atoms with van der Waals surface area (Å²) in [5.41, 5.74) is 1.48. The standard InChI is InChI=1S/C52H78N10O16.Lu/c1-4-53-52(73)51-56-55-50(42-31-41(37(2)3)43(63)32-44(42)64)62(51)38-5-7-39(8-6-38)78-40-9-13-61(14-10-40)46(66)11-23-74-25-27-76-29-30-77-28-26-75-24-12-54-45(65)33-57-15-17-58(34-47(67)68)19-21-60(36-49(71)72)22-20-59(18-16-57)35-48(69)70;/h5-8,31-32,37,40,63-64H,4,9-30,33-36H2,1-3H3,(H,53,73)(H,54,65)(H,67,68)(H,69,70)(H,71,72);. The Labute approximate surface area is 489 Å². The van der Waals surface area contributed by atoms with Crippen LogP contribution >= 0.6 is 0 Å². The molecule has 2 aliphatic rings. The molecule has 0 aliphatic carbocycles. The van der Waals surface area contributed by atoms with Crippen molar-refractivity contribution < 1.29 is 115 Å². The van der Waals surface area contributed by atoms with Gasteiger partial charge in [0.05, 0.1) is 91.0 Å². The van der Waals surface area contributed by atoms with Crippen molar-refractivity contribution in [1.82, 2.24) is 49.9 Å². The van der Waals surface area contributed by atoms with Crippen molar-refractivity contribution in [3.05, 3.63) is 47.8 Å². The van der Waals surface area contributed by atoms with Gasteiger partial charge in [-0.2, -0.15) is 0 Å². The minimum atomic E-state index is -1.03. The second-order valence-electron chi connectivity index (χ2n) is 19.2. The molecule has 2 saturated heterocycles. The van der Waals surface area contributed by atoms with Gasteiger partial charge in [-0.15, -0.1) is 10.2 Å². The first-order valence-electron chi connectivity index (χ1n) is 26.5. The summed E-state index contributed by atoms with van der Waals surface area (Å²) < 4.78 is 30.2. The van der Waals surface area contributed by atoms with Crippen LogP contribution in [0.5, 0.6) is 17.2 Å². The van der Waals surface area contributed by atoms with Crippen molar-refractivity contribution >= 4 is 35.6 Å². The number of aromatic hydroxyl groups is 2. The van der Waals surface area contributed by atoms with E-state index in [9.17, 15) is 54.3 Å². The number of ether oxygens (including phenoxy) is 5. The Balaban J connectivity index is 0.0000134. The summed E-state index contributed by atoms with van der Waals surface area (Å²) in [6.07, 6.45) is 1.42. The Bertz CT molecular complexity index is 2360. The zero-order valence-corrected chi connectivity index (χ0v) is 46.9. The molecule has 1 radical (unpaired) electrons. The number of hydrogen-bond acceptors (Lipinski definition) is 19. The number of aliphatic carboxylic acids is 3. The van der Waals surface area contributed by atoms with E-state index < -0.39 is 23.8 Å².